The van der Waals surface area contributed by atoms with Crippen LogP contribution in [0.5, 0.6) is 0 Å². The van der Waals surface area contributed by atoms with Crippen LogP contribution in [0.1, 0.15) is 28.8 Å². The van der Waals surface area contributed by atoms with E-state index in [1.54, 1.807) is 12.1 Å². The first kappa shape index (κ1) is 13.4. The Bertz CT molecular complexity index is 399. The van der Waals surface area contributed by atoms with E-state index in [9.17, 15) is 4.79 Å². The molecule has 0 aromatic heterocycles. The lowest BCUT2D eigenvalue weighted by Crippen LogP contribution is -2.34. The molecule has 3 nitrogen and oxygen atoms in total. The molecule has 0 unspecified atom stereocenters. The van der Waals surface area contributed by atoms with Gasteiger partial charge in [-0.1, -0.05) is 12.1 Å². The highest BCUT2D eigenvalue weighted by Gasteiger charge is 2.18. The molecule has 1 aliphatic heterocycles. The number of carbonyl (C=O) groups is 1. The Labute approximate surface area is 112 Å². The van der Waals surface area contributed by atoms with E-state index >= 15 is 0 Å². The zero-order valence-corrected chi connectivity index (χ0v) is 11.4. The SMILES string of the molecule is CN(Cc1ccc(C(=O)O)cc1)C1CCSCC1. The van der Waals surface area contributed by atoms with Crippen molar-refractivity contribution in [2.24, 2.45) is 0 Å². The van der Waals surface area contributed by atoms with Crippen LogP contribution in [0, 0.1) is 0 Å². The zero-order chi connectivity index (χ0) is 13.0. The fraction of sp³-hybridized carbons (Fsp3) is 0.500. The fourth-order valence-electron chi connectivity index (χ4n) is 2.30. The second kappa shape index (κ2) is 6.25. The van der Waals surface area contributed by atoms with Crippen molar-refractivity contribution in [2.45, 2.75) is 25.4 Å². The highest BCUT2D eigenvalue weighted by Crippen LogP contribution is 2.22. The van der Waals surface area contributed by atoms with Gasteiger partial charge >= 0.3 is 5.97 Å². The van der Waals surface area contributed by atoms with Crippen molar-refractivity contribution >= 4 is 17.7 Å². The molecule has 0 aliphatic carbocycles. The van der Waals surface area contributed by atoms with Gasteiger partial charge in [0.25, 0.3) is 0 Å². The van der Waals surface area contributed by atoms with Gasteiger partial charge in [0.2, 0.25) is 0 Å². The maximum Gasteiger partial charge on any atom is 0.335 e. The molecule has 2 rings (SSSR count). The van der Waals surface area contributed by atoms with E-state index < -0.39 is 5.97 Å². The summed E-state index contributed by atoms with van der Waals surface area (Å²) in [7, 11) is 2.16. The number of carboxylic acid groups (broad SMARTS) is 1. The third-order valence-corrected chi connectivity index (χ3v) is 4.50. The van der Waals surface area contributed by atoms with Crippen molar-refractivity contribution in [1.29, 1.82) is 0 Å². The molecular formula is C14H19NO2S. The molecule has 98 valence electrons. The number of nitrogens with zero attached hydrogens (tertiary/aromatic N) is 1. The summed E-state index contributed by atoms with van der Waals surface area (Å²) < 4.78 is 0. The van der Waals surface area contributed by atoms with Gasteiger partial charge in [-0.15, -0.1) is 0 Å². The van der Waals surface area contributed by atoms with Gasteiger partial charge in [0.05, 0.1) is 5.56 Å². The van der Waals surface area contributed by atoms with Gasteiger partial charge in [-0.25, -0.2) is 4.79 Å². The number of benzene rings is 1. The standard InChI is InChI=1S/C14H19NO2S/c1-15(13-6-8-18-9-7-13)10-11-2-4-12(5-3-11)14(16)17/h2-5,13H,6-10H2,1H3,(H,16,17). The number of carboxylic acids is 1. The smallest absolute Gasteiger partial charge is 0.335 e. The molecule has 1 saturated heterocycles. The van der Waals surface area contributed by atoms with Crippen LogP contribution in [0.4, 0.5) is 0 Å². The fourth-order valence-corrected chi connectivity index (χ4v) is 3.38. The van der Waals surface area contributed by atoms with Crippen LogP contribution in [0.2, 0.25) is 0 Å². The van der Waals surface area contributed by atoms with Crippen LogP contribution in [0.15, 0.2) is 24.3 Å². The third-order valence-electron chi connectivity index (χ3n) is 3.45. The molecule has 0 atom stereocenters. The minimum Gasteiger partial charge on any atom is -0.478 e. The van der Waals surface area contributed by atoms with E-state index in [0.29, 0.717) is 11.6 Å². The summed E-state index contributed by atoms with van der Waals surface area (Å²) >= 11 is 2.04. The van der Waals surface area contributed by atoms with Crippen LogP contribution in [-0.2, 0) is 6.54 Å². The average molecular weight is 265 g/mol. The van der Waals surface area contributed by atoms with Gasteiger partial charge in [0.15, 0.2) is 0 Å². The van der Waals surface area contributed by atoms with Crippen molar-refractivity contribution in [2.75, 3.05) is 18.6 Å². The molecule has 0 saturated carbocycles. The van der Waals surface area contributed by atoms with E-state index in [4.69, 9.17) is 5.11 Å². The number of hydrogen-bond acceptors (Lipinski definition) is 3. The Morgan fingerprint density at radius 1 is 1.33 bits per heavy atom. The summed E-state index contributed by atoms with van der Waals surface area (Å²) in [6.07, 6.45) is 2.52. The van der Waals surface area contributed by atoms with Gasteiger partial charge in [0.1, 0.15) is 0 Å². The first-order chi connectivity index (χ1) is 8.66. The number of rotatable bonds is 4. The maximum atomic E-state index is 10.8. The van der Waals surface area contributed by atoms with Crippen molar-refractivity contribution in [1.82, 2.24) is 4.90 Å². The quantitative estimate of drug-likeness (QED) is 0.908. The minimum absolute atomic E-state index is 0.357. The Kier molecular flexibility index (Phi) is 4.66. The molecule has 1 fully saturated rings. The summed E-state index contributed by atoms with van der Waals surface area (Å²) in [6.45, 7) is 0.898. The van der Waals surface area contributed by atoms with Gasteiger partial charge in [-0.3, -0.25) is 4.90 Å². The third kappa shape index (κ3) is 3.50. The molecule has 18 heavy (non-hydrogen) atoms. The lowest BCUT2D eigenvalue weighted by atomic mass is 10.1. The first-order valence-corrected chi connectivity index (χ1v) is 7.42. The number of thioether (sulfide) groups is 1. The minimum atomic E-state index is -0.862. The normalized spacial score (nSPS) is 17.0. The zero-order valence-electron chi connectivity index (χ0n) is 10.6. The number of hydrogen-bond donors (Lipinski definition) is 1. The van der Waals surface area contributed by atoms with Crippen molar-refractivity contribution < 1.29 is 9.90 Å². The highest BCUT2D eigenvalue weighted by atomic mass is 32.2. The summed E-state index contributed by atoms with van der Waals surface area (Å²) in [4.78, 5) is 13.2. The van der Waals surface area contributed by atoms with Crippen LogP contribution < -0.4 is 0 Å². The molecule has 0 amide bonds. The van der Waals surface area contributed by atoms with Gasteiger partial charge < -0.3 is 5.11 Å². The average Bonchev–Trinajstić information content (AvgIpc) is 2.40. The summed E-state index contributed by atoms with van der Waals surface area (Å²) in [5.74, 6) is 1.65. The predicted octanol–water partition coefficient (Wildman–Crippen LogP) is 2.71. The monoisotopic (exact) mass is 265 g/mol. The molecule has 1 N–H and O–H groups in total. The van der Waals surface area contributed by atoms with E-state index in [-0.39, 0.29) is 0 Å². The lowest BCUT2D eigenvalue weighted by Gasteiger charge is -2.31. The first-order valence-electron chi connectivity index (χ1n) is 6.27. The Morgan fingerprint density at radius 3 is 2.50 bits per heavy atom. The molecule has 1 aromatic carbocycles. The second-order valence-electron chi connectivity index (χ2n) is 4.76. The molecule has 1 aromatic rings. The molecule has 1 aliphatic rings. The lowest BCUT2D eigenvalue weighted by molar-refractivity contribution is 0.0697. The Balaban J connectivity index is 1.93. The molecule has 0 bridgehead atoms. The van der Waals surface area contributed by atoms with E-state index in [0.717, 1.165) is 6.54 Å². The number of aromatic carboxylic acids is 1. The molecule has 4 heteroatoms. The molecule has 1 heterocycles. The van der Waals surface area contributed by atoms with Crippen molar-refractivity contribution in [3.8, 4) is 0 Å². The van der Waals surface area contributed by atoms with Crippen molar-refractivity contribution in [3.05, 3.63) is 35.4 Å². The van der Waals surface area contributed by atoms with Crippen LogP contribution >= 0.6 is 11.8 Å². The van der Waals surface area contributed by atoms with Gasteiger partial charge in [-0.2, -0.15) is 11.8 Å². The van der Waals surface area contributed by atoms with E-state index in [2.05, 4.69) is 11.9 Å². The van der Waals surface area contributed by atoms with Crippen LogP contribution in [0.25, 0.3) is 0 Å². The summed E-state index contributed by atoms with van der Waals surface area (Å²) in [5, 5.41) is 8.85. The topological polar surface area (TPSA) is 40.5 Å². The van der Waals surface area contributed by atoms with E-state index in [1.807, 2.05) is 23.9 Å². The second-order valence-corrected chi connectivity index (χ2v) is 5.99. The Hall–Kier alpha value is -1.00. The van der Waals surface area contributed by atoms with Crippen molar-refractivity contribution in [3.63, 3.8) is 0 Å². The maximum absolute atomic E-state index is 10.8. The molecular weight excluding hydrogens is 246 g/mol. The summed E-state index contributed by atoms with van der Waals surface area (Å²) in [5.41, 5.74) is 1.54. The summed E-state index contributed by atoms with van der Waals surface area (Å²) in [6, 6.07) is 7.87. The predicted molar refractivity (Wildman–Crippen MR) is 75.2 cm³/mol. The largest absolute Gasteiger partial charge is 0.478 e. The molecule has 0 radical (unpaired) electrons. The van der Waals surface area contributed by atoms with Crippen LogP contribution in [0.3, 0.4) is 0 Å². The van der Waals surface area contributed by atoms with E-state index in [1.165, 1.54) is 29.9 Å². The Morgan fingerprint density at radius 2 is 1.94 bits per heavy atom. The van der Waals surface area contributed by atoms with Crippen LogP contribution in [-0.4, -0.2) is 40.6 Å². The van der Waals surface area contributed by atoms with Gasteiger partial charge in [-0.05, 0) is 49.1 Å². The highest BCUT2D eigenvalue weighted by molar-refractivity contribution is 7.99. The van der Waals surface area contributed by atoms with Gasteiger partial charge in [0, 0.05) is 12.6 Å². The molecule has 0 spiro atoms.